The average molecular weight is 329 g/mol. The molecule has 0 radical (unpaired) electrons. The van der Waals surface area contributed by atoms with Crippen molar-refractivity contribution in [3.05, 3.63) is 35.8 Å². The van der Waals surface area contributed by atoms with Gasteiger partial charge in [-0.15, -0.1) is 0 Å². The van der Waals surface area contributed by atoms with Gasteiger partial charge in [-0.3, -0.25) is 4.68 Å². The van der Waals surface area contributed by atoms with Gasteiger partial charge in [-0.1, -0.05) is 0 Å². The molecule has 0 aromatic carbocycles. The first kappa shape index (κ1) is 16.3. The predicted molar refractivity (Wildman–Crippen MR) is 91.4 cm³/mol. The molecular weight excluding hydrogens is 306 g/mol. The maximum Gasteiger partial charge on any atom is 0.319 e. The molecular formula is C17H23N5O2. The lowest BCUT2D eigenvalue weighted by Crippen LogP contribution is -2.41. The van der Waals surface area contributed by atoms with Crippen LogP contribution in [0, 0.1) is 0 Å². The minimum Gasteiger partial charge on any atom is -0.480 e. The van der Waals surface area contributed by atoms with Crippen molar-refractivity contribution in [1.82, 2.24) is 20.1 Å². The number of methoxy groups -OCH3 is 1. The number of hydrogen-bond donors (Lipinski definition) is 2. The largest absolute Gasteiger partial charge is 0.480 e. The third kappa shape index (κ3) is 3.34. The number of urea groups is 1. The highest BCUT2D eigenvalue weighted by molar-refractivity contribution is 5.90. The summed E-state index contributed by atoms with van der Waals surface area (Å²) >= 11 is 0. The van der Waals surface area contributed by atoms with Gasteiger partial charge in [-0.05, 0) is 44.4 Å². The van der Waals surface area contributed by atoms with Crippen LogP contribution in [-0.2, 0) is 12.8 Å². The topological polar surface area (TPSA) is 81.1 Å². The van der Waals surface area contributed by atoms with Crippen LogP contribution in [0.15, 0.2) is 24.5 Å². The second-order valence-electron chi connectivity index (χ2n) is 6.25. The van der Waals surface area contributed by atoms with Crippen LogP contribution in [0.2, 0.25) is 0 Å². The number of ether oxygens (including phenoxy) is 1. The molecule has 7 nitrogen and oxygen atoms in total. The average Bonchev–Trinajstić information content (AvgIpc) is 2.98. The van der Waals surface area contributed by atoms with Gasteiger partial charge < -0.3 is 15.4 Å². The first-order chi connectivity index (χ1) is 11.6. The summed E-state index contributed by atoms with van der Waals surface area (Å²) in [6.45, 7) is 4.23. The van der Waals surface area contributed by atoms with E-state index >= 15 is 0 Å². The van der Waals surface area contributed by atoms with Gasteiger partial charge in [-0.2, -0.15) is 5.10 Å². The number of anilines is 1. The van der Waals surface area contributed by atoms with Crippen molar-refractivity contribution in [2.24, 2.45) is 0 Å². The Morgan fingerprint density at radius 2 is 2.29 bits per heavy atom. The van der Waals surface area contributed by atoms with E-state index in [2.05, 4.69) is 34.6 Å². The molecule has 0 fully saturated rings. The second-order valence-corrected chi connectivity index (χ2v) is 6.25. The van der Waals surface area contributed by atoms with Crippen molar-refractivity contribution in [3.8, 4) is 5.88 Å². The van der Waals surface area contributed by atoms with Crippen LogP contribution in [0.1, 0.15) is 37.6 Å². The zero-order valence-corrected chi connectivity index (χ0v) is 14.2. The van der Waals surface area contributed by atoms with Crippen molar-refractivity contribution < 1.29 is 9.53 Å². The molecule has 2 aromatic heterocycles. The zero-order chi connectivity index (χ0) is 17.1. The molecule has 2 aromatic rings. The maximum absolute atomic E-state index is 12.3. The SMILES string of the molecule is COc1ncccc1NC(=O)NC1CCc2cnn(C(C)C)c2C1. The molecule has 0 spiro atoms. The molecule has 1 aliphatic carbocycles. The molecule has 1 atom stereocenters. The molecule has 2 heterocycles. The fourth-order valence-corrected chi connectivity index (χ4v) is 3.08. The Labute approximate surface area is 141 Å². The lowest BCUT2D eigenvalue weighted by molar-refractivity contribution is 0.246. The Kier molecular flexibility index (Phi) is 4.69. The van der Waals surface area contributed by atoms with Crippen molar-refractivity contribution in [3.63, 3.8) is 0 Å². The van der Waals surface area contributed by atoms with Gasteiger partial charge >= 0.3 is 6.03 Å². The number of amides is 2. The van der Waals surface area contributed by atoms with Gasteiger partial charge in [0.15, 0.2) is 0 Å². The molecule has 0 saturated heterocycles. The van der Waals surface area contributed by atoms with Crippen LogP contribution in [0.25, 0.3) is 0 Å². The Hall–Kier alpha value is -2.57. The fraction of sp³-hybridized carbons (Fsp3) is 0.471. The molecule has 1 aliphatic rings. The van der Waals surface area contributed by atoms with Crippen LogP contribution >= 0.6 is 0 Å². The monoisotopic (exact) mass is 329 g/mol. The van der Waals surface area contributed by atoms with E-state index in [0.717, 1.165) is 19.3 Å². The Morgan fingerprint density at radius 1 is 1.46 bits per heavy atom. The minimum absolute atomic E-state index is 0.0920. The predicted octanol–water partition coefficient (Wildman–Crippen LogP) is 2.55. The number of fused-ring (bicyclic) bond motifs is 1. The number of pyridine rings is 1. The third-order valence-corrected chi connectivity index (χ3v) is 4.22. The van der Waals surface area contributed by atoms with Gasteiger partial charge in [0.2, 0.25) is 5.88 Å². The minimum atomic E-state index is -0.245. The molecule has 0 aliphatic heterocycles. The van der Waals surface area contributed by atoms with E-state index < -0.39 is 0 Å². The summed E-state index contributed by atoms with van der Waals surface area (Å²) in [7, 11) is 1.53. The first-order valence-corrected chi connectivity index (χ1v) is 8.20. The third-order valence-electron chi connectivity index (χ3n) is 4.22. The van der Waals surface area contributed by atoms with Gasteiger partial charge in [0, 0.05) is 30.4 Å². The van der Waals surface area contributed by atoms with Crippen molar-refractivity contribution in [2.45, 2.75) is 45.2 Å². The Balaban J connectivity index is 1.64. The summed E-state index contributed by atoms with van der Waals surface area (Å²) in [5.74, 6) is 0.400. The number of rotatable bonds is 4. The van der Waals surface area contributed by atoms with Gasteiger partial charge in [0.05, 0.1) is 13.3 Å². The van der Waals surface area contributed by atoms with E-state index in [1.807, 2.05) is 10.9 Å². The van der Waals surface area contributed by atoms with Gasteiger partial charge in [0.1, 0.15) is 5.69 Å². The number of carbonyl (C=O) groups is 1. The zero-order valence-electron chi connectivity index (χ0n) is 14.2. The van der Waals surface area contributed by atoms with Gasteiger partial charge in [-0.25, -0.2) is 9.78 Å². The van der Waals surface area contributed by atoms with Crippen LogP contribution in [0.4, 0.5) is 10.5 Å². The van der Waals surface area contributed by atoms with Crippen LogP contribution in [0.5, 0.6) is 5.88 Å². The lowest BCUT2D eigenvalue weighted by atomic mass is 9.93. The number of nitrogens with one attached hydrogen (secondary N) is 2. The smallest absolute Gasteiger partial charge is 0.319 e. The number of aryl methyl sites for hydroxylation is 1. The quantitative estimate of drug-likeness (QED) is 0.903. The molecule has 0 saturated carbocycles. The molecule has 24 heavy (non-hydrogen) atoms. The number of carbonyl (C=O) groups excluding carboxylic acids is 1. The summed E-state index contributed by atoms with van der Waals surface area (Å²) in [5.41, 5.74) is 3.07. The molecule has 7 heteroatoms. The van der Waals surface area contributed by atoms with E-state index in [9.17, 15) is 4.79 Å². The summed E-state index contributed by atoms with van der Waals surface area (Å²) in [5, 5.41) is 10.3. The summed E-state index contributed by atoms with van der Waals surface area (Å²) in [4.78, 5) is 16.4. The lowest BCUT2D eigenvalue weighted by Gasteiger charge is -2.25. The Bertz CT molecular complexity index is 726. The van der Waals surface area contributed by atoms with E-state index in [1.165, 1.54) is 18.4 Å². The highest BCUT2D eigenvalue weighted by Crippen LogP contribution is 2.24. The van der Waals surface area contributed by atoms with E-state index in [-0.39, 0.29) is 12.1 Å². The van der Waals surface area contributed by atoms with Gasteiger partial charge in [0.25, 0.3) is 0 Å². The number of hydrogen-bond acceptors (Lipinski definition) is 4. The molecule has 1 unspecified atom stereocenters. The molecule has 0 bridgehead atoms. The molecule has 2 amide bonds. The Morgan fingerprint density at radius 3 is 3.04 bits per heavy atom. The fourth-order valence-electron chi connectivity index (χ4n) is 3.08. The standard InChI is InChI=1S/C17H23N5O2/c1-11(2)22-15-9-13(7-6-12(15)10-19-22)20-17(23)21-14-5-4-8-18-16(14)24-3/h4-5,8,10-11,13H,6-7,9H2,1-3H3,(H2,20,21,23). The van der Waals surface area contributed by atoms with Crippen LogP contribution in [-0.4, -0.2) is 33.9 Å². The van der Waals surface area contributed by atoms with Crippen molar-refractivity contribution in [2.75, 3.05) is 12.4 Å². The van der Waals surface area contributed by atoms with E-state index in [1.54, 1.807) is 18.3 Å². The van der Waals surface area contributed by atoms with Crippen LogP contribution < -0.4 is 15.4 Å². The summed E-state index contributed by atoms with van der Waals surface area (Å²) < 4.78 is 7.20. The normalized spacial score (nSPS) is 16.6. The summed E-state index contributed by atoms with van der Waals surface area (Å²) in [6.07, 6.45) is 6.21. The molecule has 128 valence electrons. The highest BCUT2D eigenvalue weighted by atomic mass is 16.5. The number of nitrogens with zero attached hydrogens (tertiary/aromatic N) is 3. The van der Waals surface area contributed by atoms with Crippen molar-refractivity contribution in [1.29, 1.82) is 0 Å². The molecule has 2 N–H and O–H groups in total. The van der Waals surface area contributed by atoms with E-state index in [0.29, 0.717) is 17.6 Å². The van der Waals surface area contributed by atoms with Crippen LogP contribution in [0.3, 0.4) is 0 Å². The maximum atomic E-state index is 12.3. The first-order valence-electron chi connectivity index (χ1n) is 8.20. The summed E-state index contributed by atoms with van der Waals surface area (Å²) in [6, 6.07) is 3.69. The second kappa shape index (κ2) is 6.90. The van der Waals surface area contributed by atoms with Crippen molar-refractivity contribution >= 4 is 11.7 Å². The van der Waals surface area contributed by atoms with E-state index in [4.69, 9.17) is 4.74 Å². The highest BCUT2D eigenvalue weighted by Gasteiger charge is 2.24. The molecule has 3 rings (SSSR count). The number of aromatic nitrogens is 3.